The van der Waals surface area contributed by atoms with Crippen molar-refractivity contribution in [3.05, 3.63) is 76.8 Å². The van der Waals surface area contributed by atoms with Gasteiger partial charge in [0.05, 0.1) is 17.6 Å². The Labute approximate surface area is 172 Å². The molecule has 0 spiro atoms. The van der Waals surface area contributed by atoms with Crippen LogP contribution in [0.15, 0.2) is 65.5 Å². The molecule has 10 heteroatoms. The third-order valence-corrected chi connectivity index (χ3v) is 4.75. The average molecular weight is 430 g/mol. The van der Waals surface area contributed by atoms with E-state index >= 15 is 0 Å². The molecule has 30 heavy (non-hydrogen) atoms. The van der Waals surface area contributed by atoms with Gasteiger partial charge in [0.2, 0.25) is 15.9 Å². The highest BCUT2D eigenvalue weighted by Gasteiger charge is 2.18. The van der Waals surface area contributed by atoms with Crippen molar-refractivity contribution in [3.63, 3.8) is 0 Å². The molecule has 0 aliphatic rings. The molecule has 0 aliphatic carbocycles. The van der Waals surface area contributed by atoms with E-state index < -0.39 is 33.3 Å². The Morgan fingerprint density at radius 3 is 2.40 bits per heavy atom. The van der Waals surface area contributed by atoms with E-state index in [1.807, 2.05) is 0 Å². The molecule has 3 rings (SSSR count). The van der Waals surface area contributed by atoms with Crippen LogP contribution in [-0.4, -0.2) is 30.4 Å². The van der Waals surface area contributed by atoms with Crippen molar-refractivity contribution in [2.75, 3.05) is 16.3 Å². The van der Waals surface area contributed by atoms with Crippen LogP contribution in [0.5, 0.6) is 0 Å². The zero-order valence-electron chi connectivity index (χ0n) is 16.2. The molecule has 1 heterocycles. The first-order valence-corrected chi connectivity index (χ1v) is 10.8. The fraction of sp³-hybridized carbons (Fsp3) is 0.150. The fourth-order valence-corrected chi connectivity index (χ4v) is 3.26. The number of anilines is 2. The number of halogens is 1. The molecule has 0 aliphatic heterocycles. The lowest BCUT2D eigenvalue weighted by Gasteiger charge is -2.15. The van der Waals surface area contributed by atoms with E-state index in [4.69, 9.17) is 0 Å². The molecule has 1 amide bonds. The first kappa shape index (κ1) is 21.2. The summed E-state index contributed by atoms with van der Waals surface area (Å²) in [6.45, 7) is 1.51. The van der Waals surface area contributed by atoms with Crippen LogP contribution in [-0.2, 0) is 14.8 Å². The zero-order valence-corrected chi connectivity index (χ0v) is 17.0. The van der Waals surface area contributed by atoms with Gasteiger partial charge in [-0.3, -0.25) is 14.3 Å². The lowest BCUT2D eigenvalue weighted by Crippen LogP contribution is -2.33. The van der Waals surface area contributed by atoms with E-state index in [2.05, 4.69) is 15.1 Å². The first-order valence-electron chi connectivity index (χ1n) is 8.87. The topological polar surface area (TPSA) is 110 Å². The maximum atomic E-state index is 13.1. The molecule has 156 valence electrons. The highest BCUT2D eigenvalue weighted by molar-refractivity contribution is 7.92. The minimum atomic E-state index is -3.46. The van der Waals surface area contributed by atoms with Crippen molar-refractivity contribution in [3.8, 4) is 11.3 Å². The van der Waals surface area contributed by atoms with Crippen LogP contribution in [0.3, 0.4) is 0 Å². The van der Waals surface area contributed by atoms with Crippen LogP contribution < -0.4 is 15.6 Å². The lowest BCUT2D eigenvalue weighted by atomic mass is 10.1. The Kier molecular flexibility index (Phi) is 5.97. The highest BCUT2D eigenvalue weighted by atomic mass is 32.2. The van der Waals surface area contributed by atoms with Crippen molar-refractivity contribution < 1.29 is 17.6 Å². The monoisotopic (exact) mass is 430 g/mol. The number of rotatable bonds is 6. The molecular formula is C20H19FN4O4S. The van der Waals surface area contributed by atoms with E-state index in [1.54, 1.807) is 18.2 Å². The van der Waals surface area contributed by atoms with E-state index in [9.17, 15) is 22.4 Å². The fourth-order valence-electron chi connectivity index (χ4n) is 2.71. The second kappa shape index (κ2) is 8.46. The summed E-state index contributed by atoms with van der Waals surface area (Å²) in [6, 6.07) is 13.6. The second-order valence-electron chi connectivity index (χ2n) is 6.63. The number of sulfonamides is 1. The number of nitrogens with zero attached hydrogens (tertiary/aromatic N) is 2. The van der Waals surface area contributed by atoms with Gasteiger partial charge in [0.1, 0.15) is 11.9 Å². The predicted octanol–water partition coefficient (Wildman–Crippen LogP) is 2.62. The molecule has 1 aromatic heterocycles. The van der Waals surface area contributed by atoms with Gasteiger partial charge in [0.15, 0.2) is 0 Å². The van der Waals surface area contributed by atoms with Crippen molar-refractivity contribution >= 4 is 27.3 Å². The van der Waals surface area contributed by atoms with Gasteiger partial charge in [0, 0.05) is 17.3 Å². The van der Waals surface area contributed by atoms with Gasteiger partial charge in [-0.15, -0.1) is 0 Å². The third-order valence-electron chi connectivity index (χ3n) is 4.14. The van der Waals surface area contributed by atoms with E-state index in [-0.39, 0.29) is 5.69 Å². The lowest BCUT2D eigenvalue weighted by molar-refractivity contribution is -0.119. The molecular weight excluding hydrogens is 411 g/mol. The summed E-state index contributed by atoms with van der Waals surface area (Å²) in [5.74, 6) is -0.912. The van der Waals surface area contributed by atoms with Crippen LogP contribution in [0.4, 0.5) is 15.8 Å². The number of nitrogens with one attached hydrogen (secondary N) is 2. The molecule has 2 N–H and O–H groups in total. The molecule has 3 aromatic rings. The van der Waals surface area contributed by atoms with Crippen molar-refractivity contribution in [1.29, 1.82) is 0 Å². The minimum Gasteiger partial charge on any atom is -0.324 e. The standard InChI is InChI=1S/C20H19FN4O4S/c1-13(20(27)22-16-4-3-5-17(12-16)24-30(2,28)29)25-19(26)11-10-18(23-25)14-6-8-15(21)9-7-14/h3-13,24H,1-2H3,(H,22,27). The van der Waals surface area contributed by atoms with Gasteiger partial charge < -0.3 is 5.32 Å². The molecule has 0 saturated carbocycles. The molecule has 2 aromatic carbocycles. The van der Waals surface area contributed by atoms with E-state index in [1.165, 1.54) is 49.4 Å². The quantitative estimate of drug-likeness (QED) is 0.625. The van der Waals surface area contributed by atoms with Gasteiger partial charge in [-0.2, -0.15) is 5.10 Å². The van der Waals surface area contributed by atoms with E-state index in [0.29, 0.717) is 16.9 Å². The van der Waals surface area contributed by atoms with Crippen molar-refractivity contribution in [2.24, 2.45) is 0 Å². The number of carbonyl (C=O) groups excluding carboxylic acids is 1. The Morgan fingerprint density at radius 1 is 1.07 bits per heavy atom. The van der Waals surface area contributed by atoms with Crippen molar-refractivity contribution in [1.82, 2.24) is 9.78 Å². The average Bonchev–Trinajstić information content (AvgIpc) is 2.67. The Bertz CT molecular complexity index is 1240. The second-order valence-corrected chi connectivity index (χ2v) is 8.38. The van der Waals surface area contributed by atoms with Crippen molar-refractivity contribution in [2.45, 2.75) is 13.0 Å². The number of amides is 1. The molecule has 1 atom stereocenters. The number of benzene rings is 2. The smallest absolute Gasteiger partial charge is 0.267 e. The summed E-state index contributed by atoms with van der Waals surface area (Å²) in [5.41, 5.74) is 1.17. The first-order chi connectivity index (χ1) is 14.1. The largest absolute Gasteiger partial charge is 0.324 e. The van der Waals surface area contributed by atoms with Crippen LogP contribution in [0.25, 0.3) is 11.3 Å². The van der Waals surface area contributed by atoms with Gasteiger partial charge >= 0.3 is 0 Å². The normalized spacial score (nSPS) is 12.2. The number of carbonyl (C=O) groups is 1. The minimum absolute atomic E-state index is 0.288. The van der Waals surface area contributed by atoms with Gasteiger partial charge in [-0.25, -0.2) is 17.5 Å². The summed E-state index contributed by atoms with van der Waals surface area (Å²) < 4.78 is 39.2. The summed E-state index contributed by atoms with van der Waals surface area (Å²) in [6.07, 6.45) is 1.02. The zero-order chi connectivity index (χ0) is 21.9. The van der Waals surface area contributed by atoms with Gasteiger partial charge in [0.25, 0.3) is 5.56 Å². The van der Waals surface area contributed by atoms with Gasteiger partial charge in [-0.05, 0) is 55.5 Å². The highest BCUT2D eigenvalue weighted by Crippen LogP contribution is 2.19. The summed E-state index contributed by atoms with van der Waals surface area (Å²) >= 11 is 0. The molecule has 0 radical (unpaired) electrons. The van der Waals surface area contributed by atoms with Crippen LogP contribution in [0.1, 0.15) is 13.0 Å². The maximum absolute atomic E-state index is 13.1. The maximum Gasteiger partial charge on any atom is 0.267 e. The number of aromatic nitrogens is 2. The van der Waals surface area contributed by atoms with E-state index in [0.717, 1.165) is 10.9 Å². The van der Waals surface area contributed by atoms with Crippen LogP contribution in [0, 0.1) is 5.82 Å². The Hall–Kier alpha value is -3.53. The number of hydrogen-bond donors (Lipinski definition) is 2. The Morgan fingerprint density at radius 2 is 1.73 bits per heavy atom. The van der Waals surface area contributed by atoms with Crippen LogP contribution in [0.2, 0.25) is 0 Å². The summed E-state index contributed by atoms with van der Waals surface area (Å²) in [4.78, 5) is 24.9. The third kappa shape index (κ3) is 5.29. The molecule has 0 fully saturated rings. The Balaban J connectivity index is 1.82. The molecule has 0 saturated heterocycles. The predicted molar refractivity (Wildman–Crippen MR) is 112 cm³/mol. The molecule has 1 unspecified atom stereocenters. The molecule has 0 bridgehead atoms. The summed E-state index contributed by atoms with van der Waals surface area (Å²) in [5, 5.41) is 6.87. The number of hydrogen-bond acceptors (Lipinski definition) is 5. The SMILES string of the molecule is CC(C(=O)Nc1cccc(NS(C)(=O)=O)c1)n1nc(-c2ccc(F)cc2)ccc1=O. The molecule has 8 nitrogen and oxygen atoms in total. The van der Waals surface area contributed by atoms with Gasteiger partial charge in [-0.1, -0.05) is 6.07 Å². The van der Waals surface area contributed by atoms with Crippen LogP contribution >= 0.6 is 0 Å². The summed E-state index contributed by atoms with van der Waals surface area (Å²) in [7, 11) is -3.46.